The van der Waals surface area contributed by atoms with E-state index < -0.39 is 0 Å². The molecule has 1 rings (SSSR count). The normalized spacial score (nSPS) is 9.74. The summed E-state index contributed by atoms with van der Waals surface area (Å²) in [5.41, 5.74) is 3.50. The first-order chi connectivity index (χ1) is 9.21. The van der Waals surface area contributed by atoms with Crippen LogP contribution in [0, 0.1) is 12.3 Å². The third kappa shape index (κ3) is 4.85. The Balaban J connectivity index is 2.76. The number of rotatable bonds is 5. The second-order valence-corrected chi connectivity index (χ2v) is 3.76. The molecule has 5 nitrogen and oxygen atoms in total. The SMILES string of the molecule is C#CCOc1ccc(/C=N\NC(=S)NC)cc1OC. The van der Waals surface area contributed by atoms with Crippen LogP contribution in [-0.4, -0.2) is 32.1 Å². The summed E-state index contributed by atoms with van der Waals surface area (Å²) in [6.07, 6.45) is 6.76. The Bertz CT molecular complexity index is 509. The predicted octanol–water partition coefficient (Wildman–Crippen LogP) is 1.14. The number of hydrogen-bond acceptors (Lipinski definition) is 4. The van der Waals surface area contributed by atoms with Gasteiger partial charge < -0.3 is 14.8 Å². The molecule has 0 amide bonds. The highest BCUT2D eigenvalue weighted by Gasteiger charge is 2.04. The fourth-order valence-corrected chi connectivity index (χ4v) is 1.28. The first kappa shape index (κ1) is 14.8. The minimum absolute atomic E-state index is 0.196. The van der Waals surface area contributed by atoms with Gasteiger partial charge in [-0.25, -0.2) is 0 Å². The summed E-state index contributed by atoms with van der Waals surface area (Å²) in [6, 6.07) is 5.40. The standard InChI is InChI=1S/C13H15N3O2S/c1-4-7-18-11-6-5-10(8-12(11)17-3)9-15-16-13(19)14-2/h1,5-6,8-9H,7H2,2-3H3,(H2,14,16,19)/b15-9-. The number of ether oxygens (including phenoxy) is 2. The Morgan fingerprint density at radius 1 is 1.53 bits per heavy atom. The molecule has 0 saturated carbocycles. The van der Waals surface area contributed by atoms with Gasteiger partial charge in [-0.1, -0.05) is 5.92 Å². The van der Waals surface area contributed by atoms with Gasteiger partial charge in [-0.2, -0.15) is 5.10 Å². The molecule has 0 aliphatic carbocycles. The number of benzene rings is 1. The van der Waals surface area contributed by atoms with Gasteiger partial charge in [-0.3, -0.25) is 5.43 Å². The molecule has 0 saturated heterocycles. The third-order valence-corrected chi connectivity index (χ3v) is 2.40. The molecule has 0 bridgehead atoms. The van der Waals surface area contributed by atoms with Crippen LogP contribution in [-0.2, 0) is 0 Å². The summed E-state index contributed by atoms with van der Waals surface area (Å²) >= 11 is 4.89. The maximum atomic E-state index is 5.34. The number of methoxy groups -OCH3 is 1. The highest BCUT2D eigenvalue weighted by atomic mass is 32.1. The Morgan fingerprint density at radius 3 is 2.95 bits per heavy atom. The molecule has 0 fully saturated rings. The molecule has 0 unspecified atom stereocenters. The molecular weight excluding hydrogens is 262 g/mol. The van der Waals surface area contributed by atoms with Crippen molar-refractivity contribution in [2.24, 2.45) is 5.10 Å². The van der Waals surface area contributed by atoms with Crippen LogP contribution in [0.1, 0.15) is 5.56 Å². The van der Waals surface area contributed by atoms with E-state index in [1.54, 1.807) is 32.5 Å². The Labute approximate surface area is 118 Å². The lowest BCUT2D eigenvalue weighted by molar-refractivity contribution is 0.331. The van der Waals surface area contributed by atoms with Crippen LogP contribution in [0.4, 0.5) is 0 Å². The molecule has 0 aromatic heterocycles. The molecule has 0 atom stereocenters. The largest absolute Gasteiger partial charge is 0.493 e. The van der Waals surface area contributed by atoms with Crippen molar-refractivity contribution in [3.63, 3.8) is 0 Å². The summed E-state index contributed by atoms with van der Waals surface area (Å²) < 4.78 is 10.6. The van der Waals surface area contributed by atoms with Crippen molar-refractivity contribution < 1.29 is 9.47 Å². The van der Waals surface area contributed by atoms with E-state index in [2.05, 4.69) is 21.8 Å². The fraction of sp³-hybridized carbons (Fsp3) is 0.231. The quantitative estimate of drug-likeness (QED) is 0.366. The van der Waals surface area contributed by atoms with Crippen molar-refractivity contribution in [3.8, 4) is 23.8 Å². The minimum atomic E-state index is 0.196. The van der Waals surface area contributed by atoms with E-state index in [0.717, 1.165) is 5.56 Å². The Morgan fingerprint density at radius 2 is 2.32 bits per heavy atom. The van der Waals surface area contributed by atoms with E-state index in [-0.39, 0.29) is 6.61 Å². The second kappa shape index (κ2) is 7.95. The van der Waals surface area contributed by atoms with Gasteiger partial charge in [0.1, 0.15) is 6.61 Å². The molecule has 0 aliphatic rings. The van der Waals surface area contributed by atoms with Gasteiger partial charge in [0.15, 0.2) is 16.6 Å². The summed E-state index contributed by atoms with van der Waals surface area (Å²) in [6.45, 7) is 0.196. The Kier molecular flexibility index (Phi) is 6.19. The van der Waals surface area contributed by atoms with E-state index in [1.807, 2.05) is 6.07 Å². The van der Waals surface area contributed by atoms with Crippen LogP contribution in [0.3, 0.4) is 0 Å². The van der Waals surface area contributed by atoms with Crippen molar-refractivity contribution >= 4 is 23.5 Å². The van der Waals surface area contributed by atoms with E-state index >= 15 is 0 Å². The zero-order valence-corrected chi connectivity index (χ0v) is 11.6. The summed E-state index contributed by atoms with van der Waals surface area (Å²) in [5, 5.41) is 7.16. The molecule has 100 valence electrons. The molecule has 0 radical (unpaired) electrons. The van der Waals surface area contributed by atoms with Gasteiger partial charge in [0.2, 0.25) is 0 Å². The van der Waals surface area contributed by atoms with Crippen LogP contribution in [0.15, 0.2) is 23.3 Å². The van der Waals surface area contributed by atoms with E-state index in [4.69, 9.17) is 28.1 Å². The first-order valence-electron chi connectivity index (χ1n) is 5.46. The predicted molar refractivity (Wildman–Crippen MR) is 79.7 cm³/mol. The van der Waals surface area contributed by atoms with E-state index in [1.165, 1.54) is 0 Å². The topological polar surface area (TPSA) is 54.9 Å². The molecule has 0 heterocycles. The maximum Gasteiger partial charge on any atom is 0.186 e. The Hall–Kier alpha value is -2.26. The van der Waals surface area contributed by atoms with Gasteiger partial charge in [-0.05, 0) is 36.0 Å². The van der Waals surface area contributed by atoms with Crippen LogP contribution in [0.25, 0.3) is 0 Å². The average Bonchev–Trinajstić information content (AvgIpc) is 2.45. The highest BCUT2D eigenvalue weighted by Crippen LogP contribution is 2.27. The average molecular weight is 277 g/mol. The van der Waals surface area contributed by atoms with Gasteiger partial charge >= 0.3 is 0 Å². The maximum absolute atomic E-state index is 5.34. The first-order valence-corrected chi connectivity index (χ1v) is 5.87. The molecule has 2 N–H and O–H groups in total. The van der Waals surface area contributed by atoms with E-state index in [0.29, 0.717) is 16.6 Å². The summed E-state index contributed by atoms with van der Waals surface area (Å²) in [4.78, 5) is 0. The van der Waals surface area contributed by atoms with Crippen molar-refractivity contribution in [1.82, 2.24) is 10.7 Å². The molecule has 1 aromatic rings. The molecule has 19 heavy (non-hydrogen) atoms. The molecule has 0 spiro atoms. The third-order valence-electron chi connectivity index (χ3n) is 2.11. The number of hydrazone groups is 1. The van der Waals surface area contributed by atoms with Gasteiger partial charge in [0.05, 0.1) is 13.3 Å². The van der Waals surface area contributed by atoms with Crippen molar-refractivity contribution in [2.45, 2.75) is 0 Å². The summed E-state index contributed by atoms with van der Waals surface area (Å²) in [7, 11) is 3.28. The van der Waals surface area contributed by atoms with Crippen molar-refractivity contribution in [3.05, 3.63) is 23.8 Å². The van der Waals surface area contributed by atoms with Crippen LogP contribution in [0.2, 0.25) is 0 Å². The number of hydrogen-bond donors (Lipinski definition) is 2. The summed E-state index contributed by atoms with van der Waals surface area (Å²) in [5.74, 6) is 3.59. The highest BCUT2D eigenvalue weighted by molar-refractivity contribution is 7.80. The second-order valence-electron chi connectivity index (χ2n) is 3.35. The van der Waals surface area contributed by atoms with Crippen LogP contribution >= 0.6 is 12.2 Å². The van der Waals surface area contributed by atoms with Crippen molar-refractivity contribution in [1.29, 1.82) is 0 Å². The zero-order chi connectivity index (χ0) is 14.1. The van der Waals surface area contributed by atoms with Gasteiger partial charge in [0, 0.05) is 7.05 Å². The smallest absolute Gasteiger partial charge is 0.186 e. The molecule has 0 aliphatic heterocycles. The minimum Gasteiger partial charge on any atom is -0.493 e. The lowest BCUT2D eigenvalue weighted by Crippen LogP contribution is -2.28. The number of terminal acetylenes is 1. The lowest BCUT2D eigenvalue weighted by Gasteiger charge is -2.09. The number of thiocarbonyl (C=S) groups is 1. The fourth-order valence-electron chi connectivity index (χ4n) is 1.22. The van der Waals surface area contributed by atoms with Crippen molar-refractivity contribution in [2.75, 3.05) is 20.8 Å². The molecular formula is C13H15N3O2S. The molecule has 6 heteroatoms. The van der Waals surface area contributed by atoms with Crippen LogP contribution in [0.5, 0.6) is 11.5 Å². The molecule has 1 aromatic carbocycles. The van der Waals surface area contributed by atoms with Crippen LogP contribution < -0.4 is 20.2 Å². The zero-order valence-electron chi connectivity index (χ0n) is 10.8. The lowest BCUT2D eigenvalue weighted by atomic mass is 10.2. The number of nitrogens with zero attached hydrogens (tertiary/aromatic N) is 1. The van der Waals surface area contributed by atoms with E-state index in [9.17, 15) is 0 Å². The van der Waals surface area contributed by atoms with Gasteiger partial charge in [-0.15, -0.1) is 6.42 Å². The van der Waals surface area contributed by atoms with Gasteiger partial charge in [0.25, 0.3) is 0 Å². The monoisotopic (exact) mass is 277 g/mol. The number of nitrogens with one attached hydrogen (secondary N) is 2.